The Labute approximate surface area is 140 Å². The molecule has 0 saturated heterocycles. The molecule has 1 amide bonds. The summed E-state index contributed by atoms with van der Waals surface area (Å²) >= 11 is 1.15. The largest absolute Gasteiger partial charge is 0.497 e. The number of methoxy groups -OCH3 is 1. The smallest absolute Gasteiger partial charge is 0.265 e. The molecule has 1 heterocycles. The first-order valence-corrected chi connectivity index (χ1v) is 8.83. The number of nitrogens with one attached hydrogen (secondary N) is 1. The van der Waals surface area contributed by atoms with Crippen molar-refractivity contribution in [2.75, 3.05) is 7.11 Å². The fraction of sp³-hybridized carbons (Fsp3) is 0.471. The molecule has 1 fully saturated rings. The maximum Gasteiger partial charge on any atom is 0.265 e. The third-order valence-electron chi connectivity index (χ3n) is 4.23. The molecular formula is C17H21N3O2S. The average molecular weight is 331 g/mol. The number of aromatic nitrogens is 2. The minimum absolute atomic E-state index is 0.0651. The number of hydrogen-bond acceptors (Lipinski definition) is 5. The minimum atomic E-state index is -0.0651. The van der Waals surface area contributed by atoms with Crippen molar-refractivity contribution in [3.63, 3.8) is 0 Å². The highest BCUT2D eigenvalue weighted by atomic mass is 32.1. The van der Waals surface area contributed by atoms with Crippen molar-refractivity contribution >= 4 is 17.4 Å². The molecule has 5 nitrogen and oxygen atoms in total. The Morgan fingerprint density at radius 3 is 2.78 bits per heavy atom. The van der Waals surface area contributed by atoms with Crippen molar-refractivity contribution in [2.45, 2.75) is 44.6 Å². The second-order valence-electron chi connectivity index (χ2n) is 5.84. The van der Waals surface area contributed by atoms with Crippen molar-refractivity contribution in [1.82, 2.24) is 14.9 Å². The summed E-state index contributed by atoms with van der Waals surface area (Å²) in [7, 11) is 1.62. The van der Waals surface area contributed by atoms with Crippen LogP contribution in [0.5, 0.6) is 5.75 Å². The van der Waals surface area contributed by atoms with Gasteiger partial charge in [-0.3, -0.25) is 4.79 Å². The Kier molecular flexibility index (Phi) is 5.23. The molecule has 0 unspecified atom stereocenters. The van der Waals surface area contributed by atoms with E-state index in [1.807, 2.05) is 24.3 Å². The molecule has 1 N–H and O–H groups in total. The van der Waals surface area contributed by atoms with E-state index in [0.29, 0.717) is 10.6 Å². The van der Waals surface area contributed by atoms with Crippen LogP contribution < -0.4 is 10.1 Å². The fourth-order valence-corrected chi connectivity index (χ4v) is 3.56. The Morgan fingerprint density at radius 1 is 1.26 bits per heavy atom. The Hall–Kier alpha value is -1.95. The second kappa shape index (κ2) is 7.55. The lowest BCUT2D eigenvalue weighted by Crippen LogP contribution is -2.34. The number of carbonyl (C=O) groups excluding carboxylic acids is 1. The van der Waals surface area contributed by atoms with E-state index in [1.54, 1.807) is 7.11 Å². The highest BCUT2D eigenvalue weighted by Gasteiger charge is 2.21. The van der Waals surface area contributed by atoms with Crippen LogP contribution in [0.1, 0.15) is 48.2 Å². The average Bonchev–Trinajstić information content (AvgIpc) is 2.94. The molecule has 1 aromatic carbocycles. The molecule has 0 bridgehead atoms. The van der Waals surface area contributed by atoms with Gasteiger partial charge in [-0.15, -0.1) is 5.10 Å². The summed E-state index contributed by atoms with van der Waals surface area (Å²) in [6, 6.07) is 7.82. The molecule has 0 radical (unpaired) electrons. The number of amides is 1. The predicted octanol–water partition coefficient (Wildman–Crippen LogP) is 3.67. The van der Waals surface area contributed by atoms with Crippen LogP contribution in [0, 0.1) is 0 Å². The van der Waals surface area contributed by atoms with Crippen LogP contribution in [0.15, 0.2) is 24.3 Å². The van der Waals surface area contributed by atoms with Gasteiger partial charge < -0.3 is 10.1 Å². The first-order chi connectivity index (χ1) is 11.3. The molecule has 0 spiro atoms. The van der Waals surface area contributed by atoms with Gasteiger partial charge in [0, 0.05) is 11.6 Å². The van der Waals surface area contributed by atoms with E-state index in [2.05, 4.69) is 14.9 Å². The van der Waals surface area contributed by atoms with Crippen LogP contribution in [0.2, 0.25) is 0 Å². The topological polar surface area (TPSA) is 64.1 Å². The summed E-state index contributed by atoms with van der Waals surface area (Å²) in [5.74, 6) is 0.676. The normalized spacial score (nSPS) is 15.9. The molecular weight excluding hydrogens is 310 g/mol. The van der Waals surface area contributed by atoms with Gasteiger partial charge in [0.05, 0.1) is 7.11 Å². The third kappa shape index (κ3) is 3.88. The highest BCUT2D eigenvalue weighted by molar-refractivity contribution is 7.08. The molecule has 6 heteroatoms. The Morgan fingerprint density at radius 2 is 2.04 bits per heavy atom. The number of rotatable bonds is 4. The van der Waals surface area contributed by atoms with Crippen molar-refractivity contribution in [2.24, 2.45) is 0 Å². The molecule has 1 aromatic heterocycles. The van der Waals surface area contributed by atoms with E-state index in [1.165, 1.54) is 25.7 Å². The number of ether oxygens (including phenoxy) is 1. The van der Waals surface area contributed by atoms with Crippen LogP contribution in [0.4, 0.5) is 0 Å². The molecule has 23 heavy (non-hydrogen) atoms. The molecule has 122 valence electrons. The maximum atomic E-state index is 12.6. The predicted molar refractivity (Wildman–Crippen MR) is 90.9 cm³/mol. The first kappa shape index (κ1) is 15.9. The second-order valence-corrected chi connectivity index (χ2v) is 6.60. The van der Waals surface area contributed by atoms with Crippen molar-refractivity contribution in [3.8, 4) is 17.0 Å². The molecule has 0 atom stereocenters. The lowest BCUT2D eigenvalue weighted by atomic mass is 10.1. The van der Waals surface area contributed by atoms with Gasteiger partial charge in [-0.1, -0.05) is 42.3 Å². The van der Waals surface area contributed by atoms with E-state index in [9.17, 15) is 4.79 Å². The summed E-state index contributed by atoms with van der Waals surface area (Å²) in [6.45, 7) is 0. The van der Waals surface area contributed by atoms with Gasteiger partial charge in [-0.05, 0) is 36.5 Å². The monoisotopic (exact) mass is 331 g/mol. The molecule has 1 aliphatic carbocycles. The lowest BCUT2D eigenvalue weighted by molar-refractivity contribution is 0.0938. The van der Waals surface area contributed by atoms with Gasteiger partial charge in [0.15, 0.2) is 0 Å². The van der Waals surface area contributed by atoms with Gasteiger partial charge in [-0.25, -0.2) is 0 Å². The molecule has 2 aromatic rings. The van der Waals surface area contributed by atoms with Gasteiger partial charge in [-0.2, -0.15) is 0 Å². The number of benzene rings is 1. The fourth-order valence-electron chi connectivity index (χ4n) is 2.97. The summed E-state index contributed by atoms with van der Waals surface area (Å²) in [6.07, 6.45) is 7.04. The standard InChI is InChI=1S/C17H21N3O2S/c1-22-14-10-6-7-12(11-14)15-16(23-20-19-15)17(21)18-13-8-4-2-3-5-9-13/h6-7,10-11,13H,2-5,8-9H2,1H3,(H,18,21). The Bertz CT molecular complexity index is 663. The van der Waals surface area contributed by atoms with Crippen molar-refractivity contribution in [1.29, 1.82) is 0 Å². The van der Waals surface area contributed by atoms with E-state index >= 15 is 0 Å². The summed E-state index contributed by atoms with van der Waals surface area (Å²) < 4.78 is 9.22. The van der Waals surface area contributed by atoms with Gasteiger partial charge in [0.25, 0.3) is 5.91 Å². The highest BCUT2D eigenvalue weighted by Crippen LogP contribution is 2.27. The third-order valence-corrected chi connectivity index (χ3v) is 4.95. The minimum Gasteiger partial charge on any atom is -0.497 e. The number of carbonyl (C=O) groups is 1. The van der Waals surface area contributed by atoms with Crippen LogP contribution >= 0.6 is 11.5 Å². The van der Waals surface area contributed by atoms with Crippen LogP contribution in [0.25, 0.3) is 11.3 Å². The summed E-state index contributed by atoms with van der Waals surface area (Å²) in [5, 5.41) is 7.31. The summed E-state index contributed by atoms with van der Waals surface area (Å²) in [4.78, 5) is 13.2. The zero-order valence-electron chi connectivity index (χ0n) is 13.2. The van der Waals surface area contributed by atoms with Crippen LogP contribution in [0.3, 0.4) is 0 Å². The van der Waals surface area contributed by atoms with E-state index in [4.69, 9.17) is 4.74 Å². The van der Waals surface area contributed by atoms with Gasteiger partial charge in [0.2, 0.25) is 0 Å². The van der Waals surface area contributed by atoms with Crippen molar-refractivity contribution in [3.05, 3.63) is 29.1 Å². The summed E-state index contributed by atoms with van der Waals surface area (Å²) in [5.41, 5.74) is 1.48. The number of nitrogens with zero attached hydrogens (tertiary/aromatic N) is 2. The van der Waals surface area contributed by atoms with Crippen LogP contribution in [-0.4, -0.2) is 28.6 Å². The number of hydrogen-bond donors (Lipinski definition) is 1. The van der Waals surface area contributed by atoms with E-state index < -0.39 is 0 Å². The van der Waals surface area contributed by atoms with Crippen LogP contribution in [-0.2, 0) is 0 Å². The molecule has 0 aliphatic heterocycles. The van der Waals surface area contributed by atoms with Gasteiger partial charge in [0.1, 0.15) is 16.3 Å². The van der Waals surface area contributed by atoms with E-state index in [0.717, 1.165) is 35.7 Å². The molecule has 1 aliphatic rings. The lowest BCUT2D eigenvalue weighted by Gasteiger charge is -2.15. The van der Waals surface area contributed by atoms with Crippen molar-refractivity contribution < 1.29 is 9.53 Å². The SMILES string of the molecule is COc1cccc(-c2nnsc2C(=O)NC2CCCCCC2)c1. The van der Waals surface area contributed by atoms with Gasteiger partial charge >= 0.3 is 0 Å². The zero-order valence-corrected chi connectivity index (χ0v) is 14.1. The molecule has 3 rings (SSSR count). The molecule has 1 saturated carbocycles. The first-order valence-electron chi connectivity index (χ1n) is 8.05. The maximum absolute atomic E-state index is 12.6. The Balaban J connectivity index is 1.78. The zero-order chi connectivity index (χ0) is 16.1. The quantitative estimate of drug-likeness (QED) is 0.868. The van der Waals surface area contributed by atoms with E-state index in [-0.39, 0.29) is 11.9 Å².